The number of benzene rings is 2. The summed E-state index contributed by atoms with van der Waals surface area (Å²) >= 11 is 0. The summed E-state index contributed by atoms with van der Waals surface area (Å²) in [5.41, 5.74) is 4.24. The highest BCUT2D eigenvalue weighted by molar-refractivity contribution is 5.96. The van der Waals surface area contributed by atoms with Crippen molar-refractivity contribution in [2.45, 2.75) is 44.2 Å². The molecule has 1 atom stereocenters. The van der Waals surface area contributed by atoms with Crippen LogP contribution in [0.15, 0.2) is 49.1 Å². The number of rotatable bonds is 7. The van der Waals surface area contributed by atoms with Crippen LogP contribution in [0, 0.1) is 0 Å². The lowest BCUT2D eigenvalue weighted by Gasteiger charge is -2.30. The van der Waals surface area contributed by atoms with Crippen LogP contribution in [0.25, 0.3) is 0 Å². The lowest BCUT2D eigenvalue weighted by atomic mass is 10.0. The topological polar surface area (TPSA) is 38.8 Å². The number of aryl methyl sites for hydroxylation is 1. The van der Waals surface area contributed by atoms with Crippen molar-refractivity contribution in [2.75, 3.05) is 14.2 Å². The molecule has 4 nitrogen and oxygen atoms in total. The summed E-state index contributed by atoms with van der Waals surface area (Å²) in [6.07, 6.45) is 6.63. The smallest absolute Gasteiger partial charge is 0.254 e. The molecular formula is C24H27NO3. The molecule has 0 N–H and O–H groups in total. The van der Waals surface area contributed by atoms with Gasteiger partial charge in [-0.15, -0.1) is 6.58 Å². The van der Waals surface area contributed by atoms with Crippen molar-refractivity contribution in [1.29, 1.82) is 0 Å². The summed E-state index contributed by atoms with van der Waals surface area (Å²) in [5.74, 6) is 1.34. The van der Waals surface area contributed by atoms with E-state index in [4.69, 9.17) is 9.47 Å². The molecule has 4 rings (SSSR count). The number of carbonyl (C=O) groups is 1. The van der Waals surface area contributed by atoms with Crippen LogP contribution in [0.1, 0.15) is 52.4 Å². The van der Waals surface area contributed by atoms with Crippen LogP contribution in [0.4, 0.5) is 0 Å². The van der Waals surface area contributed by atoms with E-state index in [0.717, 1.165) is 31.2 Å². The molecule has 0 bridgehead atoms. The molecule has 0 aromatic heterocycles. The van der Waals surface area contributed by atoms with Gasteiger partial charge >= 0.3 is 0 Å². The highest BCUT2D eigenvalue weighted by atomic mass is 16.5. The molecule has 0 aliphatic heterocycles. The monoisotopic (exact) mass is 377 g/mol. The third kappa shape index (κ3) is 3.28. The summed E-state index contributed by atoms with van der Waals surface area (Å²) in [4.78, 5) is 15.8. The highest BCUT2D eigenvalue weighted by Gasteiger charge is 2.41. The van der Waals surface area contributed by atoms with Gasteiger partial charge in [0.2, 0.25) is 0 Å². The minimum absolute atomic E-state index is 0.0791. The summed E-state index contributed by atoms with van der Waals surface area (Å²) in [7, 11) is 3.23. The SMILES string of the molecule is C=CCc1cc(C(=O)N(C2CC2)C2CCc3ccccc32)cc(OC)c1OC. The first-order chi connectivity index (χ1) is 13.7. The Hall–Kier alpha value is -2.75. The third-order valence-corrected chi connectivity index (χ3v) is 5.78. The molecular weight excluding hydrogens is 350 g/mol. The van der Waals surface area contributed by atoms with Crippen LogP contribution in [0.3, 0.4) is 0 Å². The molecule has 2 aliphatic carbocycles. The second-order valence-corrected chi connectivity index (χ2v) is 7.56. The molecule has 1 unspecified atom stereocenters. The predicted molar refractivity (Wildman–Crippen MR) is 110 cm³/mol. The Kier molecular flexibility index (Phi) is 5.12. The first-order valence-corrected chi connectivity index (χ1v) is 9.94. The van der Waals surface area contributed by atoms with Crippen LogP contribution in [-0.2, 0) is 12.8 Å². The maximum atomic E-state index is 13.7. The molecule has 1 saturated carbocycles. The second kappa shape index (κ2) is 7.70. The molecule has 4 heteroatoms. The van der Waals surface area contributed by atoms with Gasteiger partial charge in [0.05, 0.1) is 20.3 Å². The van der Waals surface area contributed by atoms with E-state index >= 15 is 0 Å². The first kappa shape index (κ1) is 18.6. The Morgan fingerprint density at radius 1 is 1.18 bits per heavy atom. The maximum Gasteiger partial charge on any atom is 0.254 e. The number of carbonyl (C=O) groups excluding carboxylic acids is 1. The van der Waals surface area contributed by atoms with Crippen LogP contribution < -0.4 is 9.47 Å². The van der Waals surface area contributed by atoms with E-state index in [1.54, 1.807) is 14.2 Å². The lowest BCUT2D eigenvalue weighted by Crippen LogP contribution is -2.36. The number of allylic oxidation sites excluding steroid dienone is 1. The van der Waals surface area contributed by atoms with Gasteiger partial charge in [-0.25, -0.2) is 0 Å². The van der Waals surface area contributed by atoms with E-state index in [2.05, 4.69) is 35.7 Å². The zero-order valence-corrected chi connectivity index (χ0v) is 16.6. The molecule has 28 heavy (non-hydrogen) atoms. The van der Waals surface area contributed by atoms with Gasteiger partial charge in [0.25, 0.3) is 5.91 Å². The minimum Gasteiger partial charge on any atom is -0.493 e. The third-order valence-electron chi connectivity index (χ3n) is 5.78. The van der Waals surface area contributed by atoms with Crippen molar-refractivity contribution in [2.24, 2.45) is 0 Å². The van der Waals surface area contributed by atoms with Crippen molar-refractivity contribution in [1.82, 2.24) is 4.90 Å². The molecule has 1 amide bonds. The summed E-state index contributed by atoms with van der Waals surface area (Å²) < 4.78 is 11.0. The van der Waals surface area contributed by atoms with E-state index in [0.29, 0.717) is 29.5 Å². The highest BCUT2D eigenvalue weighted by Crippen LogP contribution is 2.43. The van der Waals surface area contributed by atoms with Crippen molar-refractivity contribution in [3.8, 4) is 11.5 Å². The summed E-state index contributed by atoms with van der Waals surface area (Å²) in [6.45, 7) is 3.83. The molecule has 2 aromatic carbocycles. The quantitative estimate of drug-likeness (QED) is 0.655. The summed E-state index contributed by atoms with van der Waals surface area (Å²) in [6, 6.07) is 12.8. The fourth-order valence-corrected chi connectivity index (χ4v) is 4.36. The van der Waals surface area contributed by atoms with Crippen molar-refractivity contribution < 1.29 is 14.3 Å². The number of hydrogen-bond donors (Lipinski definition) is 0. The Labute approximate surface area is 166 Å². The van der Waals surface area contributed by atoms with Crippen LogP contribution in [0.5, 0.6) is 11.5 Å². The molecule has 0 heterocycles. The maximum absolute atomic E-state index is 13.7. The predicted octanol–water partition coefficient (Wildman–Crippen LogP) is 4.72. The molecule has 2 aliphatic rings. The standard InChI is InChI=1S/C24H27NO3/c1-4-7-17-14-18(15-22(27-2)23(17)28-3)24(26)25(19-11-12-19)21-13-10-16-8-5-6-9-20(16)21/h4-6,8-9,14-15,19,21H,1,7,10-13H2,2-3H3. The van der Waals surface area contributed by atoms with Crippen LogP contribution in [0.2, 0.25) is 0 Å². The average Bonchev–Trinajstić information content (AvgIpc) is 3.47. The van der Waals surface area contributed by atoms with Crippen molar-refractivity contribution >= 4 is 5.91 Å². The van der Waals surface area contributed by atoms with Gasteiger partial charge in [0.15, 0.2) is 11.5 Å². The minimum atomic E-state index is 0.0791. The van der Waals surface area contributed by atoms with E-state index < -0.39 is 0 Å². The van der Waals surface area contributed by atoms with E-state index in [9.17, 15) is 4.79 Å². The zero-order valence-electron chi connectivity index (χ0n) is 16.6. The molecule has 2 aromatic rings. The van der Waals surface area contributed by atoms with E-state index in [1.165, 1.54) is 11.1 Å². The Morgan fingerprint density at radius 2 is 1.96 bits per heavy atom. The number of nitrogens with zero attached hydrogens (tertiary/aromatic N) is 1. The molecule has 0 radical (unpaired) electrons. The van der Waals surface area contributed by atoms with Gasteiger partial charge in [-0.05, 0) is 55.4 Å². The first-order valence-electron chi connectivity index (χ1n) is 9.94. The number of ether oxygens (including phenoxy) is 2. The number of fused-ring (bicyclic) bond motifs is 1. The lowest BCUT2D eigenvalue weighted by molar-refractivity contribution is 0.0657. The normalized spacial score (nSPS) is 17.7. The van der Waals surface area contributed by atoms with Gasteiger partial charge in [-0.3, -0.25) is 4.79 Å². The van der Waals surface area contributed by atoms with Gasteiger partial charge in [-0.1, -0.05) is 30.3 Å². The van der Waals surface area contributed by atoms with Gasteiger partial charge in [0.1, 0.15) is 0 Å². The van der Waals surface area contributed by atoms with Crippen LogP contribution in [-0.4, -0.2) is 31.1 Å². The number of hydrogen-bond acceptors (Lipinski definition) is 3. The van der Waals surface area contributed by atoms with Crippen molar-refractivity contribution in [3.05, 3.63) is 71.3 Å². The van der Waals surface area contributed by atoms with E-state index in [1.807, 2.05) is 18.2 Å². The molecule has 0 spiro atoms. The Bertz CT molecular complexity index is 901. The van der Waals surface area contributed by atoms with Crippen molar-refractivity contribution in [3.63, 3.8) is 0 Å². The largest absolute Gasteiger partial charge is 0.493 e. The molecule has 0 saturated heterocycles. The second-order valence-electron chi connectivity index (χ2n) is 7.56. The van der Waals surface area contributed by atoms with E-state index in [-0.39, 0.29) is 11.9 Å². The molecule has 146 valence electrons. The molecule has 1 fully saturated rings. The summed E-state index contributed by atoms with van der Waals surface area (Å²) in [5, 5.41) is 0. The number of methoxy groups -OCH3 is 2. The van der Waals surface area contributed by atoms with Gasteiger partial charge in [-0.2, -0.15) is 0 Å². The Balaban J connectivity index is 1.73. The zero-order chi connectivity index (χ0) is 19.7. The fraction of sp³-hybridized carbons (Fsp3) is 0.375. The van der Waals surface area contributed by atoms with Crippen LogP contribution >= 0.6 is 0 Å². The number of amides is 1. The van der Waals surface area contributed by atoms with Gasteiger partial charge < -0.3 is 14.4 Å². The average molecular weight is 377 g/mol. The van der Waals surface area contributed by atoms with Gasteiger partial charge in [0, 0.05) is 17.2 Å². The fourth-order valence-electron chi connectivity index (χ4n) is 4.36. The Morgan fingerprint density at radius 3 is 2.64 bits per heavy atom.